The normalized spacial score (nSPS) is 18.2. The number of nitrogens with zero attached hydrogens (tertiary/aromatic N) is 1. The highest BCUT2D eigenvalue weighted by Gasteiger charge is 2.50. The van der Waals surface area contributed by atoms with E-state index in [0.29, 0.717) is 22.1 Å². The molecule has 1 saturated heterocycles. The summed E-state index contributed by atoms with van der Waals surface area (Å²) in [6, 6.07) is 11.4. The summed E-state index contributed by atoms with van der Waals surface area (Å²) < 4.78 is 10.4. The third-order valence-electron chi connectivity index (χ3n) is 4.93. The maximum atomic E-state index is 12.9. The van der Waals surface area contributed by atoms with Crippen LogP contribution in [0.5, 0.6) is 11.5 Å². The van der Waals surface area contributed by atoms with E-state index in [1.165, 1.54) is 14.2 Å². The van der Waals surface area contributed by atoms with Gasteiger partial charge in [-0.15, -0.1) is 0 Å². The average Bonchev–Trinajstić information content (AvgIpc) is 2.96. The van der Waals surface area contributed by atoms with Gasteiger partial charge in [-0.1, -0.05) is 35.9 Å². The number of rotatable bonds is 7. The van der Waals surface area contributed by atoms with Crippen LogP contribution >= 0.6 is 11.6 Å². The van der Waals surface area contributed by atoms with E-state index in [9.17, 15) is 14.4 Å². The lowest BCUT2D eigenvalue weighted by molar-refractivity contribution is -0.134. The molecule has 0 aromatic heterocycles. The summed E-state index contributed by atoms with van der Waals surface area (Å²) in [5, 5.41) is 5.69. The molecule has 1 fully saturated rings. The molecular weight excluding hydrogens is 410 g/mol. The van der Waals surface area contributed by atoms with Gasteiger partial charge in [-0.2, -0.15) is 0 Å². The summed E-state index contributed by atoms with van der Waals surface area (Å²) in [4.78, 5) is 38.6. The van der Waals surface area contributed by atoms with Crippen LogP contribution in [-0.4, -0.2) is 43.5 Å². The first-order valence-corrected chi connectivity index (χ1v) is 9.54. The highest BCUT2D eigenvalue weighted by atomic mass is 35.5. The van der Waals surface area contributed by atoms with E-state index in [-0.39, 0.29) is 6.54 Å². The summed E-state index contributed by atoms with van der Waals surface area (Å²) >= 11 is 6.20. The Morgan fingerprint density at radius 1 is 1.13 bits per heavy atom. The maximum Gasteiger partial charge on any atom is 0.325 e. The Balaban J connectivity index is 1.66. The van der Waals surface area contributed by atoms with Crippen LogP contribution in [0.25, 0.3) is 0 Å². The Bertz CT molecular complexity index is 996. The van der Waals surface area contributed by atoms with Crippen molar-refractivity contribution in [3.05, 3.63) is 58.6 Å². The average molecular weight is 432 g/mol. The van der Waals surface area contributed by atoms with E-state index in [1.807, 2.05) is 0 Å². The molecule has 1 unspecified atom stereocenters. The fraction of sp³-hybridized carbons (Fsp3) is 0.286. The van der Waals surface area contributed by atoms with Crippen molar-refractivity contribution in [2.45, 2.75) is 19.0 Å². The third-order valence-corrected chi connectivity index (χ3v) is 5.26. The van der Waals surface area contributed by atoms with Gasteiger partial charge in [-0.25, -0.2) is 4.79 Å². The lowest BCUT2D eigenvalue weighted by Gasteiger charge is -2.23. The van der Waals surface area contributed by atoms with E-state index in [2.05, 4.69) is 10.6 Å². The van der Waals surface area contributed by atoms with Gasteiger partial charge in [0.25, 0.3) is 5.91 Å². The van der Waals surface area contributed by atoms with Crippen molar-refractivity contribution < 1.29 is 23.9 Å². The molecule has 0 radical (unpaired) electrons. The van der Waals surface area contributed by atoms with Gasteiger partial charge >= 0.3 is 6.03 Å². The molecule has 1 aliphatic heterocycles. The van der Waals surface area contributed by atoms with E-state index in [1.54, 1.807) is 49.4 Å². The number of ether oxygens (including phenoxy) is 2. The van der Waals surface area contributed by atoms with Crippen LogP contribution in [0.4, 0.5) is 4.79 Å². The first-order valence-electron chi connectivity index (χ1n) is 9.17. The quantitative estimate of drug-likeness (QED) is 0.656. The topological polar surface area (TPSA) is 97.0 Å². The highest BCUT2D eigenvalue weighted by molar-refractivity contribution is 6.32. The zero-order valence-electron chi connectivity index (χ0n) is 16.8. The number of carbonyl (C=O) groups is 3. The molecule has 0 spiro atoms. The number of amides is 4. The van der Waals surface area contributed by atoms with Crippen LogP contribution in [0.2, 0.25) is 5.02 Å². The van der Waals surface area contributed by atoms with Crippen molar-refractivity contribution in [3.63, 3.8) is 0 Å². The molecule has 4 amide bonds. The predicted octanol–water partition coefficient (Wildman–Crippen LogP) is 2.44. The fourth-order valence-electron chi connectivity index (χ4n) is 3.28. The van der Waals surface area contributed by atoms with Crippen LogP contribution in [-0.2, 0) is 21.7 Å². The minimum Gasteiger partial charge on any atom is -0.493 e. The van der Waals surface area contributed by atoms with Crippen LogP contribution in [0.15, 0.2) is 42.5 Å². The second-order valence-corrected chi connectivity index (χ2v) is 7.30. The molecule has 8 nitrogen and oxygen atoms in total. The van der Waals surface area contributed by atoms with Gasteiger partial charge in [0.05, 0.1) is 14.2 Å². The summed E-state index contributed by atoms with van der Waals surface area (Å²) in [5.74, 6) is 0.0955. The van der Waals surface area contributed by atoms with Crippen LogP contribution < -0.4 is 20.1 Å². The maximum absolute atomic E-state index is 12.9. The lowest BCUT2D eigenvalue weighted by atomic mass is 9.92. The van der Waals surface area contributed by atoms with E-state index in [4.69, 9.17) is 21.1 Å². The number of benzene rings is 2. The van der Waals surface area contributed by atoms with Gasteiger partial charge in [-0.3, -0.25) is 14.5 Å². The number of halogens is 1. The minimum atomic E-state index is -1.33. The molecule has 2 aromatic rings. The monoisotopic (exact) mass is 431 g/mol. The number of nitrogens with one attached hydrogen (secondary N) is 2. The molecule has 0 bridgehead atoms. The Labute approximate surface area is 179 Å². The zero-order chi connectivity index (χ0) is 21.9. The number of imide groups is 1. The Hall–Kier alpha value is -3.26. The molecular formula is C21H22ClN3O5. The molecule has 2 aromatic carbocycles. The Morgan fingerprint density at radius 3 is 2.50 bits per heavy atom. The van der Waals surface area contributed by atoms with Gasteiger partial charge in [0.1, 0.15) is 12.1 Å². The van der Waals surface area contributed by atoms with E-state index in [0.717, 1.165) is 10.5 Å². The van der Waals surface area contributed by atoms with Gasteiger partial charge < -0.3 is 20.1 Å². The summed E-state index contributed by atoms with van der Waals surface area (Å²) in [5.41, 5.74) is -0.0867. The highest BCUT2D eigenvalue weighted by Crippen LogP contribution is 2.33. The molecule has 2 N–H and O–H groups in total. The molecule has 3 rings (SSSR count). The summed E-state index contributed by atoms with van der Waals surface area (Å²) in [7, 11) is 3.06. The molecule has 158 valence electrons. The summed E-state index contributed by atoms with van der Waals surface area (Å²) in [6.07, 6.45) is 0. The first-order chi connectivity index (χ1) is 14.3. The standard InChI is InChI=1S/C21H22ClN3O5/c1-21(14-6-4-5-7-15(14)22)19(27)25(20(28)24-21)12-18(26)23-11-13-8-9-16(29-2)17(10-13)30-3/h4-10H,11-12H2,1-3H3,(H,23,26)(H,24,28). The molecule has 0 aliphatic carbocycles. The van der Waals surface area contributed by atoms with Gasteiger partial charge in [-0.05, 0) is 30.7 Å². The van der Waals surface area contributed by atoms with Crippen molar-refractivity contribution in [1.29, 1.82) is 0 Å². The number of hydrogen-bond acceptors (Lipinski definition) is 5. The number of methoxy groups -OCH3 is 2. The molecule has 1 atom stereocenters. The second kappa shape index (κ2) is 8.62. The number of urea groups is 1. The van der Waals surface area contributed by atoms with Crippen LogP contribution in [0, 0.1) is 0 Å². The molecule has 0 saturated carbocycles. The summed E-state index contributed by atoms with van der Waals surface area (Å²) in [6.45, 7) is 1.36. The second-order valence-electron chi connectivity index (χ2n) is 6.89. The van der Waals surface area contributed by atoms with Crippen molar-refractivity contribution in [3.8, 4) is 11.5 Å². The number of carbonyl (C=O) groups excluding carboxylic acids is 3. The molecule has 9 heteroatoms. The smallest absolute Gasteiger partial charge is 0.325 e. The van der Waals surface area contributed by atoms with Crippen molar-refractivity contribution in [2.24, 2.45) is 0 Å². The largest absolute Gasteiger partial charge is 0.493 e. The van der Waals surface area contributed by atoms with Crippen LogP contribution in [0.1, 0.15) is 18.1 Å². The van der Waals surface area contributed by atoms with E-state index >= 15 is 0 Å². The molecule has 30 heavy (non-hydrogen) atoms. The number of hydrogen-bond donors (Lipinski definition) is 2. The Morgan fingerprint density at radius 2 is 1.83 bits per heavy atom. The zero-order valence-corrected chi connectivity index (χ0v) is 17.6. The molecule has 1 heterocycles. The lowest BCUT2D eigenvalue weighted by Crippen LogP contribution is -2.43. The Kier molecular flexibility index (Phi) is 6.17. The predicted molar refractivity (Wildman–Crippen MR) is 110 cm³/mol. The van der Waals surface area contributed by atoms with Crippen molar-refractivity contribution in [2.75, 3.05) is 20.8 Å². The SMILES string of the molecule is COc1ccc(CNC(=O)CN2C(=O)NC(C)(c3ccccc3Cl)C2=O)cc1OC. The minimum absolute atomic E-state index is 0.199. The van der Waals surface area contributed by atoms with Gasteiger partial charge in [0.15, 0.2) is 11.5 Å². The molecule has 1 aliphatic rings. The fourth-order valence-corrected chi connectivity index (χ4v) is 3.61. The third kappa shape index (κ3) is 4.04. The van der Waals surface area contributed by atoms with Crippen LogP contribution in [0.3, 0.4) is 0 Å². The van der Waals surface area contributed by atoms with Crippen molar-refractivity contribution in [1.82, 2.24) is 15.5 Å². The first kappa shape index (κ1) is 21.4. The van der Waals surface area contributed by atoms with Gasteiger partial charge in [0.2, 0.25) is 5.91 Å². The van der Waals surface area contributed by atoms with Gasteiger partial charge in [0, 0.05) is 17.1 Å². The van der Waals surface area contributed by atoms with Crippen molar-refractivity contribution >= 4 is 29.4 Å². The van der Waals surface area contributed by atoms with E-state index < -0.39 is 29.9 Å².